The maximum absolute atomic E-state index is 11.7. The van der Waals surface area contributed by atoms with Crippen LogP contribution in [0.4, 0.5) is 0 Å². The van der Waals surface area contributed by atoms with E-state index in [1.54, 1.807) is 7.11 Å². The molecule has 0 fully saturated rings. The van der Waals surface area contributed by atoms with Gasteiger partial charge in [-0.2, -0.15) is 0 Å². The molecule has 1 aromatic carbocycles. The number of aliphatic imine (C=N–C) groups is 1. The Labute approximate surface area is 198 Å². The predicted molar refractivity (Wildman–Crippen MR) is 133 cm³/mol. The monoisotopic (exact) mass is 556 g/mol. The van der Waals surface area contributed by atoms with E-state index in [4.69, 9.17) is 9.47 Å². The summed E-state index contributed by atoms with van der Waals surface area (Å²) in [6, 6.07) is 6.07. The average Bonchev–Trinajstić information content (AvgIpc) is 2.66. The van der Waals surface area contributed by atoms with Gasteiger partial charge in [0.15, 0.2) is 5.96 Å². The second kappa shape index (κ2) is 15.7. The summed E-state index contributed by atoms with van der Waals surface area (Å²) >= 11 is 0. The van der Waals surface area contributed by atoms with Crippen molar-refractivity contribution in [3.63, 3.8) is 0 Å². The SMILES string of the molecule is CCNC(=NCc1ccc(C)cc1OCCOC)NCCCN(CC)S(C)(=O)=O.I. The highest BCUT2D eigenvalue weighted by atomic mass is 127. The summed E-state index contributed by atoms with van der Waals surface area (Å²) in [5.74, 6) is 1.51. The third kappa shape index (κ3) is 11.3. The van der Waals surface area contributed by atoms with Crippen molar-refractivity contribution in [3.8, 4) is 5.75 Å². The van der Waals surface area contributed by atoms with Gasteiger partial charge in [-0.1, -0.05) is 19.1 Å². The first-order valence-electron chi connectivity index (χ1n) is 10.00. The fourth-order valence-corrected chi connectivity index (χ4v) is 3.62. The number of sulfonamides is 1. The van der Waals surface area contributed by atoms with Crippen molar-refractivity contribution in [2.45, 2.75) is 33.7 Å². The minimum Gasteiger partial charge on any atom is -0.491 e. The maximum Gasteiger partial charge on any atom is 0.211 e. The molecule has 0 unspecified atom stereocenters. The quantitative estimate of drug-likeness (QED) is 0.168. The first-order chi connectivity index (χ1) is 13.8. The lowest BCUT2D eigenvalue weighted by molar-refractivity contribution is 0.145. The number of halogens is 1. The van der Waals surface area contributed by atoms with Crippen LogP contribution >= 0.6 is 24.0 Å². The third-order valence-corrected chi connectivity index (χ3v) is 5.60. The van der Waals surface area contributed by atoms with Crippen LogP contribution in [0.1, 0.15) is 31.4 Å². The zero-order valence-electron chi connectivity index (χ0n) is 18.7. The summed E-state index contributed by atoms with van der Waals surface area (Å²) in [4.78, 5) is 4.64. The van der Waals surface area contributed by atoms with Gasteiger partial charge in [-0.15, -0.1) is 24.0 Å². The molecular weight excluding hydrogens is 519 g/mol. The van der Waals surface area contributed by atoms with Crippen LogP contribution in [0.5, 0.6) is 5.75 Å². The third-order valence-electron chi connectivity index (χ3n) is 4.22. The van der Waals surface area contributed by atoms with Crippen molar-refractivity contribution in [3.05, 3.63) is 29.3 Å². The van der Waals surface area contributed by atoms with E-state index < -0.39 is 10.0 Å². The molecule has 0 bridgehead atoms. The van der Waals surface area contributed by atoms with Gasteiger partial charge in [0.2, 0.25) is 10.0 Å². The van der Waals surface area contributed by atoms with Gasteiger partial charge in [0.05, 0.1) is 19.4 Å². The van der Waals surface area contributed by atoms with Gasteiger partial charge >= 0.3 is 0 Å². The lowest BCUT2D eigenvalue weighted by Crippen LogP contribution is -2.39. The predicted octanol–water partition coefficient (Wildman–Crippen LogP) is 2.36. The van der Waals surface area contributed by atoms with Gasteiger partial charge in [0.1, 0.15) is 12.4 Å². The minimum absolute atomic E-state index is 0. The average molecular weight is 557 g/mol. The van der Waals surface area contributed by atoms with E-state index in [1.165, 1.54) is 10.6 Å². The summed E-state index contributed by atoms with van der Waals surface area (Å²) in [5.41, 5.74) is 2.12. The molecule has 30 heavy (non-hydrogen) atoms. The second-order valence-electron chi connectivity index (χ2n) is 6.68. The molecule has 174 valence electrons. The number of aryl methyl sites for hydroxylation is 1. The number of rotatable bonds is 13. The molecule has 0 aliphatic heterocycles. The molecule has 0 aliphatic rings. The lowest BCUT2D eigenvalue weighted by atomic mass is 10.1. The molecule has 0 radical (unpaired) electrons. The van der Waals surface area contributed by atoms with Gasteiger partial charge < -0.3 is 20.1 Å². The van der Waals surface area contributed by atoms with Crippen molar-refractivity contribution in [1.29, 1.82) is 0 Å². The Hall–Kier alpha value is -1.11. The standard InChI is InChI=1S/C20H36N4O4S.HI/c1-6-21-20(22-11-8-12-24(7-2)29(5,25)26)23-16-18-10-9-17(3)15-19(18)28-14-13-27-4;/h9-10,15H,6-8,11-14,16H2,1-5H3,(H2,21,22,23);1H. The number of ether oxygens (including phenoxy) is 2. The molecule has 0 saturated carbocycles. The van der Waals surface area contributed by atoms with Crippen molar-refractivity contribution in [2.24, 2.45) is 4.99 Å². The Morgan fingerprint density at radius 2 is 1.93 bits per heavy atom. The Morgan fingerprint density at radius 3 is 2.53 bits per heavy atom. The smallest absolute Gasteiger partial charge is 0.211 e. The van der Waals surface area contributed by atoms with Crippen LogP contribution in [0.25, 0.3) is 0 Å². The number of guanidine groups is 1. The highest BCUT2D eigenvalue weighted by molar-refractivity contribution is 14.0. The molecule has 0 atom stereocenters. The minimum atomic E-state index is -3.15. The zero-order chi connectivity index (χ0) is 21.7. The molecule has 2 N–H and O–H groups in total. The maximum atomic E-state index is 11.7. The molecule has 0 aliphatic carbocycles. The van der Waals surface area contributed by atoms with Gasteiger partial charge in [-0.05, 0) is 31.9 Å². The van der Waals surface area contributed by atoms with E-state index >= 15 is 0 Å². The topological polar surface area (TPSA) is 92.3 Å². The summed E-state index contributed by atoms with van der Waals surface area (Å²) in [6.07, 6.45) is 1.94. The van der Waals surface area contributed by atoms with Crippen molar-refractivity contribution < 1.29 is 17.9 Å². The van der Waals surface area contributed by atoms with Crippen molar-refractivity contribution >= 4 is 40.0 Å². The molecular formula is C20H37IN4O4S. The number of hydrogen-bond acceptors (Lipinski definition) is 5. The van der Waals surface area contributed by atoms with Crippen LogP contribution in [-0.2, 0) is 21.3 Å². The molecule has 0 heterocycles. The second-order valence-corrected chi connectivity index (χ2v) is 8.67. The van der Waals surface area contributed by atoms with Gasteiger partial charge in [0.25, 0.3) is 0 Å². The van der Waals surface area contributed by atoms with E-state index in [9.17, 15) is 8.42 Å². The Kier molecular flexibility index (Phi) is 15.1. The number of methoxy groups -OCH3 is 1. The van der Waals surface area contributed by atoms with E-state index in [0.29, 0.717) is 51.8 Å². The number of hydrogen-bond donors (Lipinski definition) is 2. The summed E-state index contributed by atoms with van der Waals surface area (Å²) in [7, 11) is -1.51. The highest BCUT2D eigenvalue weighted by Crippen LogP contribution is 2.21. The van der Waals surface area contributed by atoms with Gasteiger partial charge in [-0.25, -0.2) is 17.7 Å². The Morgan fingerprint density at radius 1 is 1.20 bits per heavy atom. The normalized spacial score (nSPS) is 11.9. The first-order valence-corrected chi connectivity index (χ1v) is 11.8. The summed E-state index contributed by atoms with van der Waals surface area (Å²) in [5, 5.41) is 6.48. The number of benzene rings is 1. The van der Waals surface area contributed by atoms with Crippen LogP contribution in [0.2, 0.25) is 0 Å². The molecule has 1 aromatic rings. The summed E-state index contributed by atoms with van der Waals surface area (Å²) in [6.45, 7) is 9.69. The van der Waals surface area contributed by atoms with Crippen LogP contribution in [0, 0.1) is 6.92 Å². The molecule has 0 spiro atoms. The summed E-state index contributed by atoms with van der Waals surface area (Å²) < 4.78 is 35.6. The molecule has 0 aromatic heterocycles. The van der Waals surface area contributed by atoms with E-state index in [-0.39, 0.29) is 24.0 Å². The number of nitrogens with one attached hydrogen (secondary N) is 2. The fourth-order valence-electron chi connectivity index (χ4n) is 2.69. The molecule has 0 amide bonds. The van der Waals surface area contributed by atoms with Crippen LogP contribution < -0.4 is 15.4 Å². The van der Waals surface area contributed by atoms with Crippen LogP contribution in [0.3, 0.4) is 0 Å². The van der Waals surface area contributed by atoms with Crippen LogP contribution in [0.15, 0.2) is 23.2 Å². The lowest BCUT2D eigenvalue weighted by Gasteiger charge is -2.18. The molecule has 0 saturated heterocycles. The Balaban J connectivity index is 0.00000841. The molecule has 1 rings (SSSR count). The molecule has 10 heteroatoms. The highest BCUT2D eigenvalue weighted by Gasteiger charge is 2.13. The van der Waals surface area contributed by atoms with Crippen molar-refractivity contribution in [1.82, 2.24) is 14.9 Å². The zero-order valence-corrected chi connectivity index (χ0v) is 21.9. The fraction of sp³-hybridized carbons (Fsp3) is 0.650. The van der Waals surface area contributed by atoms with E-state index in [2.05, 4.69) is 15.6 Å². The Bertz CT molecular complexity index is 744. The van der Waals surface area contributed by atoms with E-state index in [0.717, 1.165) is 23.4 Å². The van der Waals surface area contributed by atoms with Gasteiger partial charge in [-0.3, -0.25) is 0 Å². The van der Waals surface area contributed by atoms with E-state index in [1.807, 2.05) is 39.0 Å². The first kappa shape index (κ1) is 28.9. The van der Waals surface area contributed by atoms with Crippen LogP contribution in [-0.4, -0.2) is 71.4 Å². The number of nitrogens with zero attached hydrogens (tertiary/aromatic N) is 2. The largest absolute Gasteiger partial charge is 0.491 e. The molecule has 8 nitrogen and oxygen atoms in total. The van der Waals surface area contributed by atoms with Gasteiger partial charge in [0, 0.05) is 38.9 Å². The van der Waals surface area contributed by atoms with Crippen molar-refractivity contribution in [2.75, 3.05) is 52.8 Å².